The van der Waals surface area contributed by atoms with Crippen molar-refractivity contribution in [3.05, 3.63) is 58.6 Å². The molecule has 3 aromatic rings. The van der Waals surface area contributed by atoms with E-state index in [2.05, 4.69) is 0 Å². The fraction of sp³-hybridized carbons (Fsp3) is 0.333. The number of methoxy groups -OCH3 is 1. The lowest BCUT2D eigenvalue weighted by atomic mass is 10.1. The van der Waals surface area contributed by atoms with Gasteiger partial charge in [-0.05, 0) is 49.6 Å². The summed E-state index contributed by atoms with van der Waals surface area (Å²) in [7, 11) is -2.52. The van der Waals surface area contributed by atoms with Gasteiger partial charge in [0, 0.05) is 6.54 Å². The van der Waals surface area contributed by atoms with Gasteiger partial charge in [-0.1, -0.05) is 24.6 Å². The molecule has 1 atom stereocenters. The molecule has 152 valence electrons. The van der Waals surface area contributed by atoms with Gasteiger partial charge >= 0.3 is 5.97 Å². The van der Waals surface area contributed by atoms with Gasteiger partial charge in [0.1, 0.15) is 5.01 Å². The van der Waals surface area contributed by atoms with Crippen molar-refractivity contribution in [2.45, 2.75) is 37.1 Å². The monoisotopic (exact) mass is 430 g/mol. The molecule has 0 aliphatic carbocycles. The lowest BCUT2D eigenvalue weighted by Crippen LogP contribution is -2.38. The van der Waals surface area contributed by atoms with Crippen molar-refractivity contribution in [3.8, 4) is 0 Å². The zero-order chi connectivity index (χ0) is 20.6. The standard InChI is InChI=1S/C21H22N2O4S2/c1-14-10-11-15(21(24)27-2)13-19(14)29(25,26)23-12-6-5-8-17(23)20-22-16-7-3-4-9-18(16)28-20/h3-4,7,9-11,13,17H,5-6,8,12H2,1-2H3. The Bertz CT molecular complexity index is 1140. The summed E-state index contributed by atoms with van der Waals surface area (Å²) in [5.41, 5.74) is 1.72. The fourth-order valence-electron chi connectivity index (χ4n) is 3.72. The summed E-state index contributed by atoms with van der Waals surface area (Å²) in [6.07, 6.45) is 2.49. The van der Waals surface area contributed by atoms with E-state index in [0.29, 0.717) is 12.1 Å². The largest absolute Gasteiger partial charge is 0.465 e. The molecule has 1 saturated heterocycles. The molecule has 0 radical (unpaired) electrons. The van der Waals surface area contributed by atoms with Crippen LogP contribution in [0.4, 0.5) is 0 Å². The van der Waals surface area contributed by atoms with Crippen molar-refractivity contribution in [3.63, 3.8) is 0 Å². The van der Waals surface area contributed by atoms with Crippen LogP contribution in [0, 0.1) is 6.92 Å². The molecule has 2 heterocycles. The Morgan fingerprint density at radius 3 is 2.76 bits per heavy atom. The van der Waals surface area contributed by atoms with E-state index in [1.807, 2.05) is 24.3 Å². The minimum absolute atomic E-state index is 0.147. The molecule has 8 heteroatoms. The number of hydrogen-bond acceptors (Lipinski definition) is 6. The molecule has 0 saturated carbocycles. The number of piperidine rings is 1. The average Bonchev–Trinajstić information content (AvgIpc) is 3.17. The van der Waals surface area contributed by atoms with Gasteiger partial charge in [-0.25, -0.2) is 18.2 Å². The van der Waals surface area contributed by atoms with Crippen LogP contribution in [0.2, 0.25) is 0 Å². The van der Waals surface area contributed by atoms with E-state index in [1.54, 1.807) is 34.7 Å². The predicted octanol–water partition coefficient (Wildman–Crippen LogP) is 4.31. The first-order valence-electron chi connectivity index (χ1n) is 9.48. The number of thiazole rings is 1. The van der Waals surface area contributed by atoms with Crippen LogP contribution in [-0.2, 0) is 14.8 Å². The number of aromatic nitrogens is 1. The molecule has 0 bridgehead atoms. The van der Waals surface area contributed by atoms with E-state index in [9.17, 15) is 13.2 Å². The molecule has 29 heavy (non-hydrogen) atoms. The molecule has 1 unspecified atom stereocenters. The number of hydrogen-bond donors (Lipinski definition) is 0. The van der Waals surface area contributed by atoms with Gasteiger partial charge in [-0.2, -0.15) is 4.31 Å². The molecule has 1 aromatic heterocycles. The van der Waals surface area contributed by atoms with Gasteiger partial charge in [0.2, 0.25) is 10.0 Å². The molecule has 2 aromatic carbocycles. The van der Waals surface area contributed by atoms with Gasteiger partial charge < -0.3 is 4.74 Å². The highest BCUT2D eigenvalue weighted by Crippen LogP contribution is 2.39. The smallest absolute Gasteiger partial charge is 0.337 e. The number of nitrogens with zero attached hydrogens (tertiary/aromatic N) is 2. The third-order valence-corrected chi connectivity index (χ3v) is 8.43. The maximum absolute atomic E-state index is 13.6. The molecule has 0 spiro atoms. The van der Waals surface area contributed by atoms with E-state index < -0.39 is 16.0 Å². The van der Waals surface area contributed by atoms with Crippen LogP contribution < -0.4 is 0 Å². The molecule has 1 aliphatic heterocycles. The Balaban J connectivity index is 1.77. The van der Waals surface area contributed by atoms with Crippen LogP contribution in [0.1, 0.15) is 46.2 Å². The molecular formula is C21H22N2O4S2. The normalized spacial score (nSPS) is 18.1. The summed E-state index contributed by atoms with van der Waals surface area (Å²) in [5.74, 6) is -0.553. The van der Waals surface area contributed by atoms with Gasteiger partial charge in [0.25, 0.3) is 0 Å². The minimum atomic E-state index is -3.80. The summed E-state index contributed by atoms with van der Waals surface area (Å²) in [6.45, 7) is 2.18. The number of carbonyl (C=O) groups excluding carboxylic acids is 1. The summed E-state index contributed by atoms with van der Waals surface area (Å²) in [6, 6.07) is 12.2. The third-order valence-electron chi connectivity index (χ3n) is 5.25. The van der Waals surface area contributed by atoms with Gasteiger partial charge in [0.15, 0.2) is 0 Å². The maximum Gasteiger partial charge on any atom is 0.337 e. The van der Waals surface area contributed by atoms with Crippen molar-refractivity contribution in [2.24, 2.45) is 0 Å². The first-order chi connectivity index (χ1) is 13.9. The number of ether oxygens (including phenoxy) is 1. The zero-order valence-corrected chi connectivity index (χ0v) is 17.9. The molecule has 1 fully saturated rings. The first kappa shape index (κ1) is 20.0. The number of sulfonamides is 1. The first-order valence-corrected chi connectivity index (χ1v) is 11.7. The van der Waals surface area contributed by atoms with Gasteiger partial charge in [0.05, 0.1) is 33.8 Å². The maximum atomic E-state index is 13.6. The lowest BCUT2D eigenvalue weighted by Gasteiger charge is -2.33. The van der Waals surface area contributed by atoms with Crippen molar-refractivity contribution in [1.82, 2.24) is 9.29 Å². The fourth-order valence-corrected chi connectivity index (χ4v) is 6.82. The second kappa shape index (κ2) is 7.85. The van der Waals surface area contributed by atoms with Crippen molar-refractivity contribution in [2.75, 3.05) is 13.7 Å². The number of benzene rings is 2. The summed E-state index contributed by atoms with van der Waals surface area (Å²) in [5, 5.41) is 0.816. The number of fused-ring (bicyclic) bond motifs is 1. The molecule has 6 nitrogen and oxygen atoms in total. The second-order valence-electron chi connectivity index (χ2n) is 7.12. The quantitative estimate of drug-likeness (QED) is 0.577. The highest BCUT2D eigenvalue weighted by molar-refractivity contribution is 7.89. The van der Waals surface area contributed by atoms with Crippen molar-refractivity contribution in [1.29, 1.82) is 0 Å². The topological polar surface area (TPSA) is 76.6 Å². The molecular weight excluding hydrogens is 408 g/mol. The van der Waals surface area contributed by atoms with Crippen molar-refractivity contribution >= 4 is 37.5 Å². The lowest BCUT2D eigenvalue weighted by molar-refractivity contribution is 0.0600. The molecule has 0 amide bonds. The second-order valence-corrected chi connectivity index (χ2v) is 10.0. The number of rotatable bonds is 4. The Morgan fingerprint density at radius 1 is 1.21 bits per heavy atom. The molecule has 0 N–H and O–H groups in total. The highest BCUT2D eigenvalue weighted by atomic mass is 32.2. The Hall–Kier alpha value is -2.29. The van der Waals surface area contributed by atoms with E-state index in [4.69, 9.17) is 9.72 Å². The number of para-hydroxylation sites is 1. The Labute approximate surface area is 174 Å². The molecule has 1 aliphatic rings. The van der Waals surface area contributed by atoms with E-state index >= 15 is 0 Å². The highest BCUT2D eigenvalue weighted by Gasteiger charge is 2.37. The van der Waals surface area contributed by atoms with Crippen LogP contribution in [-0.4, -0.2) is 37.3 Å². The SMILES string of the molecule is COC(=O)c1ccc(C)c(S(=O)(=O)N2CCCCC2c2nc3ccccc3s2)c1. The number of carbonyl (C=O) groups is 1. The molecule has 4 rings (SSSR count). The number of aryl methyl sites for hydroxylation is 1. The summed E-state index contributed by atoms with van der Waals surface area (Å²) >= 11 is 1.54. The van der Waals surface area contributed by atoms with Crippen LogP contribution in [0.3, 0.4) is 0 Å². The van der Waals surface area contributed by atoms with E-state index in [1.165, 1.54) is 13.2 Å². The Kier molecular flexibility index (Phi) is 5.42. The van der Waals surface area contributed by atoms with Crippen LogP contribution in [0.25, 0.3) is 10.2 Å². The predicted molar refractivity (Wildman–Crippen MR) is 113 cm³/mol. The van der Waals surface area contributed by atoms with Crippen LogP contribution in [0.15, 0.2) is 47.4 Å². The van der Waals surface area contributed by atoms with Gasteiger partial charge in [-0.3, -0.25) is 0 Å². The Morgan fingerprint density at radius 2 is 2.00 bits per heavy atom. The minimum Gasteiger partial charge on any atom is -0.465 e. The number of esters is 1. The average molecular weight is 431 g/mol. The summed E-state index contributed by atoms with van der Waals surface area (Å²) in [4.78, 5) is 16.8. The van der Waals surface area contributed by atoms with Crippen LogP contribution in [0.5, 0.6) is 0 Å². The van der Waals surface area contributed by atoms with E-state index in [-0.39, 0.29) is 16.5 Å². The third kappa shape index (κ3) is 3.68. The van der Waals surface area contributed by atoms with E-state index in [0.717, 1.165) is 34.5 Å². The van der Waals surface area contributed by atoms with Crippen LogP contribution >= 0.6 is 11.3 Å². The van der Waals surface area contributed by atoms with Gasteiger partial charge in [-0.15, -0.1) is 11.3 Å². The van der Waals surface area contributed by atoms with Crippen molar-refractivity contribution < 1.29 is 17.9 Å². The zero-order valence-electron chi connectivity index (χ0n) is 16.3. The summed E-state index contributed by atoms with van der Waals surface area (Å²) < 4.78 is 34.6.